The number of nitro groups is 1. The third-order valence-electron chi connectivity index (χ3n) is 4.55. The molecule has 1 aliphatic rings. The average molecular weight is 336 g/mol. The summed E-state index contributed by atoms with van der Waals surface area (Å²) < 4.78 is 5.40. The fourth-order valence-electron chi connectivity index (χ4n) is 3.17. The van der Waals surface area contributed by atoms with E-state index in [-0.39, 0.29) is 5.69 Å². The van der Waals surface area contributed by atoms with Gasteiger partial charge in [0.15, 0.2) is 0 Å². The fourth-order valence-corrected chi connectivity index (χ4v) is 3.17. The molecule has 1 aromatic rings. The van der Waals surface area contributed by atoms with Gasteiger partial charge >= 0.3 is 0 Å². The van der Waals surface area contributed by atoms with Crippen LogP contribution in [0.15, 0.2) is 12.3 Å². The number of hydrogen-bond acceptors (Lipinski definition) is 6. The lowest BCUT2D eigenvalue weighted by Crippen LogP contribution is -2.45. The summed E-state index contributed by atoms with van der Waals surface area (Å²) in [4.78, 5) is 17.1. The van der Waals surface area contributed by atoms with Crippen molar-refractivity contribution in [2.45, 2.75) is 39.7 Å². The Kier molecular flexibility index (Phi) is 6.93. The number of nitrogens with zero attached hydrogens (tertiary/aromatic N) is 3. The van der Waals surface area contributed by atoms with Gasteiger partial charge in [0.05, 0.1) is 4.92 Å². The molecular formula is C17H28N4O3. The molecule has 7 heteroatoms. The quantitative estimate of drug-likeness (QED) is 0.447. The van der Waals surface area contributed by atoms with E-state index in [0.717, 1.165) is 57.1 Å². The van der Waals surface area contributed by atoms with Crippen LogP contribution in [0.2, 0.25) is 0 Å². The number of likely N-dealkylation sites (tertiary alicyclic amines) is 1. The van der Waals surface area contributed by atoms with Gasteiger partial charge in [-0.3, -0.25) is 10.1 Å². The van der Waals surface area contributed by atoms with Crippen LogP contribution in [0, 0.1) is 23.0 Å². The largest absolute Gasteiger partial charge is 0.382 e. The molecule has 0 amide bonds. The zero-order valence-corrected chi connectivity index (χ0v) is 14.8. The first-order valence-electron chi connectivity index (χ1n) is 8.69. The van der Waals surface area contributed by atoms with E-state index in [1.165, 1.54) is 6.20 Å². The summed E-state index contributed by atoms with van der Waals surface area (Å²) in [6.45, 7) is 10.9. The molecule has 1 saturated heterocycles. The van der Waals surface area contributed by atoms with Gasteiger partial charge in [0.2, 0.25) is 0 Å². The molecule has 0 aromatic carbocycles. The minimum atomic E-state index is -0.410. The third-order valence-corrected chi connectivity index (χ3v) is 4.55. The Labute approximate surface area is 143 Å². The Morgan fingerprint density at radius 3 is 2.96 bits per heavy atom. The van der Waals surface area contributed by atoms with Crippen molar-refractivity contribution in [1.82, 2.24) is 9.88 Å². The van der Waals surface area contributed by atoms with E-state index >= 15 is 0 Å². The first-order valence-corrected chi connectivity index (χ1v) is 8.69. The molecule has 0 unspecified atom stereocenters. The number of anilines is 1. The summed E-state index contributed by atoms with van der Waals surface area (Å²) >= 11 is 0. The molecular weight excluding hydrogens is 308 g/mol. The van der Waals surface area contributed by atoms with E-state index in [0.29, 0.717) is 12.0 Å². The van der Waals surface area contributed by atoms with Crippen LogP contribution in [-0.2, 0) is 4.74 Å². The Bertz CT molecular complexity index is 553. The van der Waals surface area contributed by atoms with Gasteiger partial charge < -0.3 is 15.0 Å². The summed E-state index contributed by atoms with van der Waals surface area (Å²) in [5.74, 6) is 1.25. The summed E-state index contributed by atoms with van der Waals surface area (Å²) in [7, 11) is 0. The SMILES string of the molecule is CCOCCCN1CC[C@@H](Nc2ncc([N+](=O)[O-])cc2C)[C@@H](C)C1. The number of nitrogens with one attached hydrogen (secondary N) is 1. The number of hydrogen-bond donors (Lipinski definition) is 1. The Balaban J connectivity index is 1.85. The van der Waals surface area contributed by atoms with E-state index < -0.39 is 4.92 Å². The van der Waals surface area contributed by atoms with Crippen molar-refractivity contribution >= 4 is 11.5 Å². The number of ether oxygens (including phenoxy) is 1. The second-order valence-electron chi connectivity index (χ2n) is 6.48. The Morgan fingerprint density at radius 2 is 2.33 bits per heavy atom. The summed E-state index contributed by atoms with van der Waals surface area (Å²) in [6.07, 6.45) is 3.44. The van der Waals surface area contributed by atoms with E-state index in [2.05, 4.69) is 22.1 Å². The van der Waals surface area contributed by atoms with Crippen molar-refractivity contribution in [2.24, 2.45) is 5.92 Å². The number of pyridine rings is 1. The predicted octanol–water partition coefficient (Wildman–Crippen LogP) is 2.85. The topological polar surface area (TPSA) is 80.5 Å². The maximum atomic E-state index is 10.8. The van der Waals surface area contributed by atoms with Crippen molar-refractivity contribution in [1.29, 1.82) is 0 Å². The van der Waals surface area contributed by atoms with Crippen molar-refractivity contribution in [3.05, 3.63) is 27.9 Å². The molecule has 1 aromatic heterocycles. The van der Waals surface area contributed by atoms with Crippen molar-refractivity contribution in [3.8, 4) is 0 Å². The highest BCUT2D eigenvalue weighted by Gasteiger charge is 2.26. The van der Waals surface area contributed by atoms with Crippen LogP contribution < -0.4 is 5.32 Å². The second kappa shape index (κ2) is 8.94. The van der Waals surface area contributed by atoms with Crippen LogP contribution in [0.5, 0.6) is 0 Å². The van der Waals surface area contributed by atoms with E-state index in [1.807, 2.05) is 13.8 Å². The molecule has 2 atom stereocenters. The van der Waals surface area contributed by atoms with Crippen molar-refractivity contribution in [3.63, 3.8) is 0 Å². The molecule has 2 heterocycles. The van der Waals surface area contributed by atoms with Gasteiger partial charge in [-0.2, -0.15) is 0 Å². The lowest BCUT2D eigenvalue weighted by Gasteiger charge is -2.37. The Hall–Kier alpha value is -1.73. The highest BCUT2D eigenvalue weighted by molar-refractivity contribution is 5.49. The molecule has 0 aliphatic carbocycles. The standard InChI is InChI=1S/C17H28N4O3/c1-4-24-9-5-7-20-8-6-16(14(3)12-20)19-17-13(2)10-15(11-18-17)21(22)23/h10-11,14,16H,4-9,12H2,1-3H3,(H,18,19)/t14-,16+/m0/s1. The normalized spacial score (nSPS) is 21.6. The van der Waals surface area contributed by atoms with Gasteiger partial charge in [-0.1, -0.05) is 6.92 Å². The van der Waals surface area contributed by atoms with Gasteiger partial charge in [-0.05, 0) is 38.2 Å². The highest BCUT2D eigenvalue weighted by Crippen LogP contribution is 2.24. The molecule has 1 N–H and O–H groups in total. The van der Waals surface area contributed by atoms with Gasteiger partial charge in [-0.25, -0.2) is 4.98 Å². The first-order chi connectivity index (χ1) is 11.5. The molecule has 1 aliphatic heterocycles. The molecule has 134 valence electrons. The zero-order chi connectivity index (χ0) is 17.5. The maximum Gasteiger partial charge on any atom is 0.287 e. The van der Waals surface area contributed by atoms with Crippen LogP contribution >= 0.6 is 0 Å². The van der Waals surface area contributed by atoms with Gasteiger partial charge in [0.1, 0.15) is 12.0 Å². The first kappa shape index (κ1) is 18.6. The minimum absolute atomic E-state index is 0.0372. The number of piperidine rings is 1. The van der Waals surface area contributed by atoms with Crippen LogP contribution in [0.25, 0.3) is 0 Å². The number of aryl methyl sites for hydroxylation is 1. The average Bonchev–Trinajstić information content (AvgIpc) is 2.55. The summed E-state index contributed by atoms with van der Waals surface area (Å²) in [6, 6.07) is 1.92. The minimum Gasteiger partial charge on any atom is -0.382 e. The van der Waals surface area contributed by atoms with Crippen molar-refractivity contribution in [2.75, 3.05) is 38.2 Å². The van der Waals surface area contributed by atoms with Crippen molar-refractivity contribution < 1.29 is 9.66 Å². The van der Waals surface area contributed by atoms with Gasteiger partial charge in [0.25, 0.3) is 5.69 Å². The molecule has 7 nitrogen and oxygen atoms in total. The Morgan fingerprint density at radius 1 is 1.54 bits per heavy atom. The fraction of sp³-hybridized carbons (Fsp3) is 0.706. The van der Waals surface area contributed by atoms with Crippen LogP contribution in [0.3, 0.4) is 0 Å². The number of rotatable bonds is 8. The predicted molar refractivity (Wildman–Crippen MR) is 94.4 cm³/mol. The number of aromatic nitrogens is 1. The second-order valence-corrected chi connectivity index (χ2v) is 6.48. The molecule has 0 bridgehead atoms. The molecule has 0 saturated carbocycles. The van der Waals surface area contributed by atoms with Crippen LogP contribution in [0.1, 0.15) is 32.3 Å². The molecule has 1 fully saturated rings. The highest BCUT2D eigenvalue weighted by atomic mass is 16.6. The molecule has 0 spiro atoms. The van der Waals surface area contributed by atoms with Gasteiger partial charge in [0, 0.05) is 45.0 Å². The third kappa shape index (κ3) is 5.14. The molecule has 0 radical (unpaired) electrons. The van der Waals surface area contributed by atoms with Gasteiger partial charge in [-0.15, -0.1) is 0 Å². The molecule has 24 heavy (non-hydrogen) atoms. The van der Waals surface area contributed by atoms with E-state index in [1.54, 1.807) is 6.07 Å². The van der Waals surface area contributed by atoms with Crippen LogP contribution in [-0.4, -0.2) is 53.7 Å². The lowest BCUT2D eigenvalue weighted by molar-refractivity contribution is -0.385. The zero-order valence-electron chi connectivity index (χ0n) is 14.8. The summed E-state index contributed by atoms with van der Waals surface area (Å²) in [5, 5.41) is 14.3. The monoisotopic (exact) mass is 336 g/mol. The van der Waals surface area contributed by atoms with E-state index in [9.17, 15) is 10.1 Å². The lowest BCUT2D eigenvalue weighted by atomic mass is 9.93. The molecule has 2 rings (SSSR count). The summed E-state index contributed by atoms with van der Waals surface area (Å²) in [5.41, 5.74) is 0.853. The van der Waals surface area contributed by atoms with E-state index in [4.69, 9.17) is 4.74 Å². The smallest absolute Gasteiger partial charge is 0.287 e. The van der Waals surface area contributed by atoms with Crippen LogP contribution in [0.4, 0.5) is 11.5 Å². The maximum absolute atomic E-state index is 10.8.